The van der Waals surface area contributed by atoms with Gasteiger partial charge in [-0.25, -0.2) is 4.98 Å². The summed E-state index contributed by atoms with van der Waals surface area (Å²) in [5.41, 5.74) is 4.91. The van der Waals surface area contributed by atoms with E-state index in [-0.39, 0.29) is 17.4 Å². The van der Waals surface area contributed by atoms with Crippen LogP contribution in [0.15, 0.2) is 71.0 Å². The van der Waals surface area contributed by atoms with Gasteiger partial charge in [0, 0.05) is 47.7 Å². The first-order valence-corrected chi connectivity index (χ1v) is 13.2. The third-order valence-corrected chi connectivity index (χ3v) is 7.93. The number of aromatic nitrogens is 3. The zero-order valence-electron chi connectivity index (χ0n) is 19.8. The Bertz CT molecular complexity index is 1590. The number of amides is 1. The average molecular weight is 498 g/mol. The van der Waals surface area contributed by atoms with Crippen LogP contribution in [0.5, 0.6) is 0 Å². The van der Waals surface area contributed by atoms with Crippen molar-refractivity contribution in [3.63, 3.8) is 0 Å². The predicted molar refractivity (Wildman–Crippen MR) is 146 cm³/mol. The van der Waals surface area contributed by atoms with Gasteiger partial charge in [0.25, 0.3) is 5.56 Å². The summed E-state index contributed by atoms with van der Waals surface area (Å²) in [5.74, 6) is 0.460. The zero-order chi connectivity index (χ0) is 24.5. The number of para-hydroxylation sites is 1. The fourth-order valence-electron chi connectivity index (χ4n) is 5.07. The van der Waals surface area contributed by atoms with Gasteiger partial charge in [-0.3, -0.25) is 14.6 Å². The highest BCUT2D eigenvalue weighted by Gasteiger charge is 2.27. The number of hydrogen-bond acceptors (Lipinski definition) is 5. The molecule has 1 aliphatic rings. The summed E-state index contributed by atoms with van der Waals surface area (Å²) in [7, 11) is 0. The molecule has 1 unspecified atom stereocenters. The summed E-state index contributed by atoms with van der Waals surface area (Å²) in [6.45, 7) is 1.89. The van der Waals surface area contributed by atoms with Gasteiger partial charge < -0.3 is 15.2 Å². The number of piperidine rings is 1. The van der Waals surface area contributed by atoms with Gasteiger partial charge in [-0.1, -0.05) is 48.5 Å². The molecule has 1 atom stereocenters. The number of benzene rings is 2. The van der Waals surface area contributed by atoms with Crippen molar-refractivity contribution in [2.45, 2.75) is 19.3 Å². The molecule has 6 rings (SSSR count). The molecule has 3 N–H and O–H groups in total. The van der Waals surface area contributed by atoms with E-state index in [2.05, 4.69) is 27.4 Å². The normalized spacial score (nSPS) is 16.0. The van der Waals surface area contributed by atoms with Gasteiger partial charge in [0.15, 0.2) is 0 Å². The number of carbonyl (C=O) groups is 1. The fourth-order valence-corrected chi connectivity index (χ4v) is 5.98. The maximum Gasteiger partial charge on any atom is 0.270 e. The first-order valence-electron chi connectivity index (χ1n) is 12.3. The van der Waals surface area contributed by atoms with Crippen LogP contribution in [-0.2, 0) is 11.2 Å². The van der Waals surface area contributed by atoms with Crippen LogP contribution in [0.2, 0.25) is 0 Å². The molecule has 5 aromatic rings. The van der Waals surface area contributed by atoms with Crippen LogP contribution in [0.25, 0.3) is 32.2 Å². The van der Waals surface area contributed by atoms with Crippen molar-refractivity contribution < 1.29 is 4.79 Å². The summed E-state index contributed by atoms with van der Waals surface area (Å²) >= 11 is 1.41. The maximum absolute atomic E-state index is 13.0. The Morgan fingerprint density at radius 2 is 1.97 bits per heavy atom. The summed E-state index contributed by atoms with van der Waals surface area (Å²) in [6.07, 6.45) is 4.50. The zero-order valence-corrected chi connectivity index (χ0v) is 20.6. The molecule has 182 valence electrons. The van der Waals surface area contributed by atoms with E-state index in [1.54, 1.807) is 0 Å². The van der Waals surface area contributed by atoms with Crippen LogP contribution in [0.1, 0.15) is 18.4 Å². The number of carbonyl (C=O) groups excluding carboxylic acids is 1. The van der Waals surface area contributed by atoms with E-state index in [0.717, 1.165) is 48.0 Å². The van der Waals surface area contributed by atoms with Gasteiger partial charge in [-0.2, -0.15) is 0 Å². The molecule has 4 heterocycles. The average Bonchev–Trinajstić information content (AvgIpc) is 3.54. The largest absolute Gasteiger partial charge is 0.361 e. The molecule has 0 spiro atoms. The Hall–Kier alpha value is -3.91. The van der Waals surface area contributed by atoms with Crippen molar-refractivity contribution >= 4 is 44.3 Å². The number of hydrogen-bond donors (Lipinski definition) is 3. The fraction of sp³-hybridized carbons (Fsp3) is 0.250. The standard InChI is InChI=1S/C28H27N5O2S/c34-26(29-13-12-19-15-30-23-11-5-4-10-21(19)23)20-9-6-14-33(16-20)28-31-24-22(18-7-2-1-3-8-18)17-36-25(24)27(35)32-28/h1-5,7-8,10-11,15,17,20,30H,6,9,12-14,16H2,(H,29,34)(H,31,32,35). The molecule has 1 amide bonds. The van der Waals surface area contributed by atoms with Crippen molar-refractivity contribution in [3.05, 3.63) is 82.1 Å². The number of fused-ring (bicyclic) bond motifs is 2. The molecular formula is C28H27N5O2S. The van der Waals surface area contributed by atoms with Gasteiger partial charge in [0.1, 0.15) is 4.70 Å². The van der Waals surface area contributed by atoms with E-state index in [9.17, 15) is 9.59 Å². The summed E-state index contributed by atoms with van der Waals surface area (Å²) in [6, 6.07) is 18.2. The second-order valence-corrected chi connectivity index (χ2v) is 10.1. The topological polar surface area (TPSA) is 93.9 Å². The van der Waals surface area contributed by atoms with E-state index >= 15 is 0 Å². The summed E-state index contributed by atoms with van der Waals surface area (Å²) in [5, 5.41) is 6.32. The van der Waals surface area contributed by atoms with Crippen molar-refractivity contribution in [1.82, 2.24) is 20.3 Å². The molecular weight excluding hydrogens is 470 g/mol. The molecule has 0 aliphatic carbocycles. The molecule has 2 aromatic carbocycles. The smallest absolute Gasteiger partial charge is 0.270 e. The molecule has 3 aromatic heterocycles. The highest BCUT2D eigenvalue weighted by atomic mass is 32.1. The molecule has 36 heavy (non-hydrogen) atoms. The number of rotatable bonds is 6. The summed E-state index contributed by atoms with van der Waals surface area (Å²) < 4.78 is 0.626. The van der Waals surface area contributed by atoms with Crippen molar-refractivity contribution in [3.8, 4) is 11.1 Å². The third kappa shape index (κ3) is 4.28. The van der Waals surface area contributed by atoms with Crippen LogP contribution in [0.3, 0.4) is 0 Å². The molecule has 8 heteroatoms. The van der Waals surface area contributed by atoms with E-state index in [0.29, 0.717) is 23.7 Å². The van der Waals surface area contributed by atoms with Gasteiger partial charge in [0.05, 0.1) is 11.4 Å². The van der Waals surface area contributed by atoms with E-state index < -0.39 is 0 Å². The lowest BCUT2D eigenvalue weighted by atomic mass is 9.97. The number of nitrogens with one attached hydrogen (secondary N) is 3. The van der Waals surface area contributed by atoms with Gasteiger partial charge in [0.2, 0.25) is 11.9 Å². The quantitative estimate of drug-likeness (QED) is 0.317. The summed E-state index contributed by atoms with van der Waals surface area (Å²) in [4.78, 5) is 39.0. The molecule has 7 nitrogen and oxygen atoms in total. The molecule has 0 radical (unpaired) electrons. The SMILES string of the molecule is O=C(NCCc1c[nH]c2ccccc12)C1CCCN(c2nc3c(-c4ccccc4)csc3c(=O)[nH]2)C1. The lowest BCUT2D eigenvalue weighted by Gasteiger charge is -2.32. The van der Waals surface area contributed by atoms with Crippen LogP contribution in [0.4, 0.5) is 5.95 Å². The molecule has 0 bridgehead atoms. The van der Waals surface area contributed by atoms with Gasteiger partial charge >= 0.3 is 0 Å². The van der Waals surface area contributed by atoms with Crippen LogP contribution >= 0.6 is 11.3 Å². The minimum absolute atomic E-state index is 0.0588. The molecule has 1 aliphatic heterocycles. The predicted octanol–water partition coefficient (Wildman–Crippen LogP) is 4.71. The molecule has 0 saturated carbocycles. The Kier molecular flexibility index (Phi) is 6.03. The number of thiophene rings is 1. The van der Waals surface area contributed by atoms with Crippen LogP contribution in [0, 0.1) is 5.92 Å². The van der Waals surface area contributed by atoms with Gasteiger partial charge in [-0.15, -0.1) is 11.3 Å². The second-order valence-electron chi connectivity index (χ2n) is 9.27. The van der Waals surface area contributed by atoms with E-state index in [4.69, 9.17) is 4.98 Å². The highest BCUT2D eigenvalue weighted by Crippen LogP contribution is 2.32. The number of anilines is 1. The van der Waals surface area contributed by atoms with E-state index in [1.165, 1.54) is 22.3 Å². The van der Waals surface area contributed by atoms with Crippen molar-refractivity contribution in [2.24, 2.45) is 5.92 Å². The third-order valence-electron chi connectivity index (χ3n) is 6.96. The van der Waals surface area contributed by atoms with Crippen LogP contribution < -0.4 is 15.8 Å². The van der Waals surface area contributed by atoms with Crippen molar-refractivity contribution in [2.75, 3.05) is 24.5 Å². The minimum Gasteiger partial charge on any atom is -0.361 e. The Labute approximate surface area is 212 Å². The second kappa shape index (κ2) is 9.62. The first kappa shape index (κ1) is 22.5. The van der Waals surface area contributed by atoms with E-state index in [1.807, 2.05) is 58.9 Å². The number of H-pyrrole nitrogens is 2. The van der Waals surface area contributed by atoms with Gasteiger partial charge in [-0.05, 0) is 36.5 Å². The lowest BCUT2D eigenvalue weighted by Crippen LogP contribution is -2.44. The lowest BCUT2D eigenvalue weighted by molar-refractivity contribution is -0.125. The monoisotopic (exact) mass is 497 g/mol. The molecule has 1 fully saturated rings. The highest BCUT2D eigenvalue weighted by molar-refractivity contribution is 7.17. The minimum atomic E-state index is -0.140. The Morgan fingerprint density at radius 3 is 2.86 bits per heavy atom. The maximum atomic E-state index is 13.0. The van der Waals surface area contributed by atoms with Crippen LogP contribution in [-0.4, -0.2) is 40.5 Å². The Morgan fingerprint density at radius 1 is 1.14 bits per heavy atom. The van der Waals surface area contributed by atoms with Crippen molar-refractivity contribution in [1.29, 1.82) is 0 Å². The number of nitrogens with zero attached hydrogens (tertiary/aromatic N) is 2. The number of aromatic amines is 2. The molecule has 1 saturated heterocycles. The Balaban J connectivity index is 1.16. The first-order chi connectivity index (χ1) is 17.7.